The predicted octanol–water partition coefficient (Wildman–Crippen LogP) is 5.02. The molecule has 0 saturated carbocycles. The number of hydrogen-bond donors (Lipinski definition) is 2. The van der Waals surface area contributed by atoms with Gasteiger partial charge in [0.25, 0.3) is 0 Å². The lowest BCUT2D eigenvalue weighted by molar-refractivity contribution is -0.144. The summed E-state index contributed by atoms with van der Waals surface area (Å²) in [6, 6.07) is 4.39. The minimum atomic E-state index is -0.695. The SMILES string of the molecule is C.CCOC(=O)CCc1c(C)c2cc(N(C)C(C)=O)c(O)c(C=O)c2oc1=O.CCOC(=O)CCc1c(C)c2cc(N(C)C(C)=O)c(O)cc2oc1=O. The van der Waals surface area contributed by atoms with Crippen LogP contribution >= 0.6 is 0 Å². The van der Waals surface area contributed by atoms with Crippen LogP contribution in [0.4, 0.5) is 11.4 Å². The van der Waals surface area contributed by atoms with Gasteiger partial charge in [0.1, 0.15) is 16.9 Å². The van der Waals surface area contributed by atoms with E-state index in [1.165, 1.54) is 42.8 Å². The first-order chi connectivity index (χ1) is 24.5. The highest BCUT2D eigenvalue weighted by Crippen LogP contribution is 2.37. The van der Waals surface area contributed by atoms with E-state index in [-0.39, 0.29) is 97.8 Å². The fraction of sp³-hybridized carbons (Fsp3) is 0.395. The number of amides is 2. The quantitative estimate of drug-likeness (QED) is 0.118. The molecule has 15 heteroatoms. The van der Waals surface area contributed by atoms with E-state index < -0.39 is 23.0 Å². The summed E-state index contributed by atoms with van der Waals surface area (Å²) in [7, 11) is 2.99. The molecule has 0 saturated heterocycles. The molecule has 0 unspecified atom stereocenters. The maximum Gasteiger partial charge on any atom is 0.339 e. The Hall–Kier alpha value is -5.99. The number of anilines is 2. The average molecular weight is 739 g/mol. The summed E-state index contributed by atoms with van der Waals surface area (Å²) in [6.07, 6.45) is 0.753. The average Bonchev–Trinajstić information content (AvgIpc) is 3.07. The van der Waals surface area contributed by atoms with E-state index in [1.54, 1.807) is 40.8 Å². The lowest BCUT2D eigenvalue weighted by Crippen LogP contribution is -2.23. The van der Waals surface area contributed by atoms with Crippen molar-refractivity contribution in [3.8, 4) is 11.5 Å². The number of phenols is 2. The highest BCUT2D eigenvalue weighted by atomic mass is 16.5. The lowest BCUT2D eigenvalue weighted by atomic mass is 9.99. The molecular formula is C38H46N2O13. The van der Waals surface area contributed by atoms with Crippen LogP contribution in [0, 0.1) is 13.8 Å². The topological polar surface area (TPSA) is 211 Å². The zero-order valence-electron chi connectivity index (χ0n) is 30.3. The van der Waals surface area contributed by atoms with Gasteiger partial charge >= 0.3 is 23.2 Å². The first-order valence-corrected chi connectivity index (χ1v) is 16.3. The number of esters is 2. The van der Waals surface area contributed by atoms with Crippen molar-refractivity contribution in [2.75, 3.05) is 37.1 Å². The maximum atomic E-state index is 12.4. The molecule has 2 aromatic carbocycles. The van der Waals surface area contributed by atoms with Crippen molar-refractivity contribution in [2.45, 2.75) is 74.7 Å². The number of aldehydes is 1. The minimum absolute atomic E-state index is 0. The van der Waals surface area contributed by atoms with Gasteiger partial charge in [-0.25, -0.2) is 9.59 Å². The van der Waals surface area contributed by atoms with Crippen LogP contribution in [0.2, 0.25) is 0 Å². The summed E-state index contributed by atoms with van der Waals surface area (Å²) in [6.45, 7) is 10.0. The molecule has 2 heterocycles. The number of benzene rings is 2. The third kappa shape index (κ3) is 9.67. The van der Waals surface area contributed by atoms with Gasteiger partial charge in [0.15, 0.2) is 17.6 Å². The van der Waals surface area contributed by atoms with Gasteiger partial charge in [0.05, 0.1) is 24.6 Å². The van der Waals surface area contributed by atoms with Crippen molar-refractivity contribution < 1.29 is 52.5 Å². The Morgan fingerprint density at radius 2 is 1.21 bits per heavy atom. The smallest absolute Gasteiger partial charge is 0.339 e. The Kier molecular flexibility index (Phi) is 15.1. The molecule has 0 spiro atoms. The van der Waals surface area contributed by atoms with Crippen LogP contribution in [0.15, 0.2) is 36.6 Å². The van der Waals surface area contributed by atoms with E-state index in [2.05, 4.69) is 0 Å². The third-order valence-corrected chi connectivity index (χ3v) is 8.50. The van der Waals surface area contributed by atoms with Crippen molar-refractivity contribution in [3.63, 3.8) is 0 Å². The minimum Gasteiger partial charge on any atom is -0.506 e. The van der Waals surface area contributed by atoms with Crippen molar-refractivity contribution >= 4 is 63.4 Å². The first kappa shape index (κ1) is 43.2. The normalized spacial score (nSPS) is 10.5. The fourth-order valence-electron chi connectivity index (χ4n) is 5.40. The van der Waals surface area contributed by atoms with Gasteiger partial charge in [-0.3, -0.25) is 24.0 Å². The summed E-state index contributed by atoms with van der Waals surface area (Å²) in [5, 5.41) is 21.4. The summed E-state index contributed by atoms with van der Waals surface area (Å²) >= 11 is 0. The molecule has 0 fully saturated rings. The van der Waals surface area contributed by atoms with Crippen LogP contribution in [0.3, 0.4) is 0 Å². The number of carbonyl (C=O) groups is 5. The molecule has 286 valence electrons. The molecule has 0 aliphatic rings. The largest absolute Gasteiger partial charge is 0.506 e. The second-order valence-corrected chi connectivity index (χ2v) is 11.7. The molecule has 0 bridgehead atoms. The summed E-state index contributed by atoms with van der Waals surface area (Å²) < 4.78 is 20.3. The predicted molar refractivity (Wildman–Crippen MR) is 198 cm³/mol. The highest BCUT2D eigenvalue weighted by molar-refractivity contribution is 6.05. The van der Waals surface area contributed by atoms with Crippen molar-refractivity contribution in [1.29, 1.82) is 0 Å². The summed E-state index contributed by atoms with van der Waals surface area (Å²) in [4.78, 5) is 84.9. The summed E-state index contributed by atoms with van der Waals surface area (Å²) in [5.41, 5.74) is 0.927. The molecule has 0 aliphatic carbocycles. The number of rotatable bonds is 11. The number of aromatic hydroxyl groups is 2. The monoisotopic (exact) mass is 738 g/mol. The van der Waals surface area contributed by atoms with Gasteiger partial charge in [-0.15, -0.1) is 0 Å². The van der Waals surface area contributed by atoms with Crippen molar-refractivity contribution in [2.24, 2.45) is 0 Å². The van der Waals surface area contributed by atoms with E-state index in [9.17, 15) is 43.8 Å². The van der Waals surface area contributed by atoms with Crippen LogP contribution in [-0.4, -0.2) is 67.6 Å². The van der Waals surface area contributed by atoms with Crippen LogP contribution in [0.1, 0.15) is 80.6 Å². The number of nitrogens with zero attached hydrogens (tertiary/aromatic N) is 2. The van der Waals surface area contributed by atoms with Crippen LogP contribution in [0.25, 0.3) is 21.9 Å². The van der Waals surface area contributed by atoms with Crippen LogP contribution in [0.5, 0.6) is 11.5 Å². The number of fused-ring (bicyclic) bond motifs is 2. The zero-order valence-corrected chi connectivity index (χ0v) is 30.3. The van der Waals surface area contributed by atoms with Gasteiger partial charge in [0, 0.05) is 68.8 Å². The molecule has 0 radical (unpaired) electrons. The first-order valence-electron chi connectivity index (χ1n) is 16.3. The molecule has 0 aliphatic heterocycles. The standard InChI is InChI=1S/C19H21NO7.C18H21NO6.CH4/c1-5-26-16(23)7-6-12-10(2)13-8-15(20(4)11(3)22)17(24)14(9-21)18(13)27-19(12)25;1-5-24-17(22)7-6-12-10(2)13-8-14(19(4)11(3)20)15(21)9-16(13)25-18(12)23;/h8-9,24H,5-7H2,1-4H3;8-9,21H,5-7H2,1-4H3;1H4. The summed E-state index contributed by atoms with van der Waals surface area (Å²) in [5.74, 6) is -2.02. The van der Waals surface area contributed by atoms with Gasteiger partial charge in [-0.2, -0.15) is 0 Å². The van der Waals surface area contributed by atoms with E-state index in [0.717, 1.165) is 0 Å². The molecular weight excluding hydrogens is 692 g/mol. The Morgan fingerprint density at radius 3 is 1.68 bits per heavy atom. The second-order valence-electron chi connectivity index (χ2n) is 11.7. The number of carbonyl (C=O) groups excluding carboxylic acids is 5. The number of hydrogen-bond acceptors (Lipinski definition) is 13. The third-order valence-electron chi connectivity index (χ3n) is 8.50. The van der Waals surface area contributed by atoms with Crippen LogP contribution in [-0.2, 0) is 41.5 Å². The van der Waals surface area contributed by atoms with E-state index in [0.29, 0.717) is 39.4 Å². The van der Waals surface area contributed by atoms with E-state index in [4.69, 9.17) is 18.3 Å². The number of aryl methyl sites for hydroxylation is 2. The van der Waals surface area contributed by atoms with Gasteiger partial charge in [-0.1, -0.05) is 7.43 Å². The molecule has 15 nitrogen and oxygen atoms in total. The molecule has 2 aromatic heterocycles. The second kappa shape index (κ2) is 18.5. The Bertz CT molecular complexity index is 2160. The van der Waals surface area contributed by atoms with Crippen molar-refractivity contribution in [3.05, 3.63) is 66.9 Å². The van der Waals surface area contributed by atoms with Crippen LogP contribution < -0.4 is 21.1 Å². The van der Waals surface area contributed by atoms with Crippen molar-refractivity contribution in [1.82, 2.24) is 0 Å². The molecule has 2 N–H and O–H groups in total. The molecule has 53 heavy (non-hydrogen) atoms. The zero-order chi connectivity index (χ0) is 39.0. The fourth-order valence-corrected chi connectivity index (χ4v) is 5.40. The maximum absolute atomic E-state index is 12.4. The molecule has 4 rings (SSSR count). The van der Waals surface area contributed by atoms with E-state index in [1.807, 2.05) is 0 Å². The van der Waals surface area contributed by atoms with Gasteiger partial charge < -0.3 is 38.3 Å². The molecule has 0 atom stereocenters. The van der Waals surface area contributed by atoms with Gasteiger partial charge in [-0.05, 0) is 63.8 Å². The van der Waals surface area contributed by atoms with Gasteiger partial charge in [0.2, 0.25) is 11.8 Å². The Morgan fingerprint density at radius 1 is 0.755 bits per heavy atom. The van der Waals surface area contributed by atoms with E-state index >= 15 is 0 Å². The number of ether oxygens (including phenoxy) is 2. The lowest BCUT2D eigenvalue weighted by Gasteiger charge is -2.19. The Balaban J connectivity index is 0.000000361. The highest BCUT2D eigenvalue weighted by Gasteiger charge is 2.23. The number of phenolic OH excluding ortho intramolecular Hbond substituents is 2. The molecule has 4 aromatic rings. The Labute approximate surface area is 305 Å². The molecule has 2 amide bonds.